The number of nitrogens with zero attached hydrogens (tertiary/aromatic N) is 1. The lowest BCUT2D eigenvalue weighted by Crippen LogP contribution is -2.59. The average Bonchev–Trinajstić information content (AvgIpc) is 3.23. The van der Waals surface area contributed by atoms with Crippen LogP contribution in [-0.4, -0.2) is 82.9 Å². The van der Waals surface area contributed by atoms with Crippen molar-refractivity contribution in [3.05, 3.63) is 0 Å². The Morgan fingerprint density at radius 3 is 2.25 bits per heavy atom. The van der Waals surface area contributed by atoms with E-state index in [4.69, 9.17) is 17.2 Å². The summed E-state index contributed by atoms with van der Waals surface area (Å²) in [4.78, 5) is 53.1. The van der Waals surface area contributed by atoms with Crippen LogP contribution in [0.2, 0.25) is 0 Å². The van der Waals surface area contributed by atoms with Crippen LogP contribution in [0.15, 0.2) is 0 Å². The molecule has 0 bridgehead atoms. The molecule has 11 nitrogen and oxygen atoms in total. The molecule has 36 heavy (non-hydrogen) atoms. The SMILES string of the molecule is CC(C)C(=O)[C@H](CCN)NC(=O)[C@@H](NC(=O)[C@@H]1C[C@@H](N)CN1C(=O)CC(N)C1CCCCC1)C(C)O. The fraction of sp³-hybridized carbons (Fsp3) is 0.840. The number of aliphatic hydroxyl groups is 1. The number of likely N-dealkylation sites (tertiary alicyclic amines) is 1. The molecule has 1 saturated carbocycles. The van der Waals surface area contributed by atoms with Gasteiger partial charge in [-0.05, 0) is 45.1 Å². The van der Waals surface area contributed by atoms with E-state index in [1.165, 1.54) is 18.2 Å². The minimum Gasteiger partial charge on any atom is -0.391 e. The molecule has 6 atom stereocenters. The van der Waals surface area contributed by atoms with Gasteiger partial charge in [-0.2, -0.15) is 0 Å². The van der Waals surface area contributed by atoms with Gasteiger partial charge in [0.1, 0.15) is 12.1 Å². The maximum Gasteiger partial charge on any atom is 0.245 e. The molecule has 9 N–H and O–H groups in total. The third kappa shape index (κ3) is 8.22. The van der Waals surface area contributed by atoms with E-state index in [2.05, 4.69) is 10.6 Å². The van der Waals surface area contributed by atoms with Crippen molar-refractivity contribution in [2.45, 2.75) is 108 Å². The quantitative estimate of drug-likeness (QED) is 0.195. The topological polar surface area (TPSA) is 194 Å². The van der Waals surface area contributed by atoms with E-state index < -0.39 is 36.0 Å². The Hall–Kier alpha value is -2.08. The summed E-state index contributed by atoms with van der Waals surface area (Å²) in [5.41, 5.74) is 18.0. The summed E-state index contributed by atoms with van der Waals surface area (Å²) in [5, 5.41) is 15.4. The molecule has 11 heteroatoms. The summed E-state index contributed by atoms with van der Waals surface area (Å²) in [7, 11) is 0. The molecular weight excluding hydrogens is 464 g/mol. The zero-order valence-electron chi connectivity index (χ0n) is 21.9. The highest BCUT2D eigenvalue weighted by molar-refractivity contribution is 5.95. The second-order valence-corrected chi connectivity index (χ2v) is 10.7. The number of rotatable bonds is 12. The Balaban J connectivity index is 2.06. The summed E-state index contributed by atoms with van der Waals surface area (Å²) in [6.45, 7) is 5.23. The molecule has 0 aromatic rings. The fourth-order valence-electron chi connectivity index (χ4n) is 5.21. The first-order valence-corrected chi connectivity index (χ1v) is 13.3. The van der Waals surface area contributed by atoms with Gasteiger partial charge in [0.25, 0.3) is 0 Å². The zero-order valence-corrected chi connectivity index (χ0v) is 21.9. The Morgan fingerprint density at radius 2 is 1.69 bits per heavy atom. The van der Waals surface area contributed by atoms with E-state index in [-0.39, 0.29) is 62.0 Å². The average molecular weight is 511 g/mol. The Bertz CT molecular complexity index is 770. The molecule has 2 aliphatic rings. The highest BCUT2D eigenvalue weighted by Crippen LogP contribution is 2.28. The molecule has 1 aliphatic carbocycles. The molecule has 0 aromatic heterocycles. The van der Waals surface area contributed by atoms with Crippen LogP contribution in [0.3, 0.4) is 0 Å². The van der Waals surface area contributed by atoms with Crippen molar-refractivity contribution < 1.29 is 24.3 Å². The van der Waals surface area contributed by atoms with Gasteiger partial charge in [-0.25, -0.2) is 0 Å². The zero-order chi connectivity index (χ0) is 27.0. The third-order valence-corrected chi connectivity index (χ3v) is 7.37. The summed E-state index contributed by atoms with van der Waals surface area (Å²) in [5.74, 6) is -1.70. The number of hydrogen-bond donors (Lipinski definition) is 6. The van der Waals surface area contributed by atoms with Crippen LogP contribution >= 0.6 is 0 Å². The molecule has 2 unspecified atom stereocenters. The lowest BCUT2D eigenvalue weighted by Gasteiger charge is -2.31. The second-order valence-electron chi connectivity index (χ2n) is 10.7. The van der Waals surface area contributed by atoms with E-state index >= 15 is 0 Å². The van der Waals surface area contributed by atoms with Gasteiger partial charge in [-0.1, -0.05) is 33.1 Å². The lowest BCUT2D eigenvalue weighted by atomic mass is 9.83. The van der Waals surface area contributed by atoms with Gasteiger partial charge in [0, 0.05) is 31.0 Å². The van der Waals surface area contributed by atoms with Crippen LogP contribution in [0.1, 0.15) is 72.1 Å². The predicted octanol–water partition coefficient (Wildman–Crippen LogP) is -0.863. The van der Waals surface area contributed by atoms with Crippen molar-refractivity contribution in [2.75, 3.05) is 13.1 Å². The second kappa shape index (κ2) is 14.0. The summed E-state index contributed by atoms with van der Waals surface area (Å²) in [6, 6.07) is -3.65. The fourth-order valence-corrected chi connectivity index (χ4v) is 5.21. The van der Waals surface area contributed by atoms with Crippen molar-refractivity contribution in [1.29, 1.82) is 0 Å². The Labute approximate surface area is 214 Å². The van der Waals surface area contributed by atoms with Gasteiger partial charge in [-0.15, -0.1) is 0 Å². The van der Waals surface area contributed by atoms with Crippen molar-refractivity contribution in [1.82, 2.24) is 15.5 Å². The monoisotopic (exact) mass is 510 g/mol. The van der Waals surface area contributed by atoms with Crippen molar-refractivity contribution >= 4 is 23.5 Å². The van der Waals surface area contributed by atoms with E-state index in [9.17, 15) is 24.3 Å². The largest absolute Gasteiger partial charge is 0.391 e. The summed E-state index contributed by atoms with van der Waals surface area (Å²) >= 11 is 0. The number of ketones is 1. The molecule has 1 saturated heterocycles. The number of nitrogens with one attached hydrogen (secondary N) is 2. The minimum absolute atomic E-state index is 0.138. The number of hydrogen-bond acceptors (Lipinski definition) is 8. The molecule has 0 radical (unpaired) electrons. The Kier molecular flexibility index (Phi) is 11.7. The van der Waals surface area contributed by atoms with E-state index in [1.807, 2.05) is 0 Å². The minimum atomic E-state index is -1.31. The van der Waals surface area contributed by atoms with E-state index in [0.29, 0.717) is 5.92 Å². The maximum atomic E-state index is 13.2. The van der Waals surface area contributed by atoms with Gasteiger partial charge in [-0.3, -0.25) is 19.2 Å². The molecule has 0 aromatic carbocycles. The van der Waals surface area contributed by atoms with E-state index in [1.54, 1.807) is 13.8 Å². The van der Waals surface area contributed by atoms with Crippen molar-refractivity contribution in [3.63, 3.8) is 0 Å². The number of amides is 3. The highest BCUT2D eigenvalue weighted by atomic mass is 16.3. The van der Waals surface area contributed by atoms with Crippen LogP contribution in [0.4, 0.5) is 0 Å². The van der Waals surface area contributed by atoms with Crippen LogP contribution < -0.4 is 27.8 Å². The summed E-state index contributed by atoms with van der Waals surface area (Å²) < 4.78 is 0. The number of carbonyl (C=O) groups excluding carboxylic acids is 4. The number of Topliss-reactive ketones (excluding diaryl/α,β-unsaturated/α-hetero) is 1. The van der Waals surface area contributed by atoms with Gasteiger partial charge in [0.15, 0.2) is 5.78 Å². The third-order valence-electron chi connectivity index (χ3n) is 7.37. The van der Waals surface area contributed by atoms with Crippen molar-refractivity contribution in [2.24, 2.45) is 29.0 Å². The van der Waals surface area contributed by atoms with Gasteiger partial charge < -0.3 is 37.8 Å². The predicted molar refractivity (Wildman–Crippen MR) is 136 cm³/mol. The summed E-state index contributed by atoms with van der Waals surface area (Å²) in [6.07, 6.45) is 4.82. The normalized spacial score (nSPS) is 24.2. The number of aliphatic hydroxyl groups excluding tert-OH is 1. The standard InChI is InChI=1S/C25H46N6O5/c1-14(2)23(34)19(9-10-26)29-25(36)22(15(3)32)30-24(35)20-11-17(27)13-31(20)21(33)12-18(28)16-7-5-4-6-8-16/h14-20,22,32H,4-13,26-28H2,1-3H3,(H,29,36)(H,30,35)/t15?,17-,18?,19+,20+,22+/m1/s1. The molecule has 1 heterocycles. The molecule has 1 aliphatic heterocycles. The van der Waals surface area contributed by atoms with Gasteiger partial charge in [0.2, 0.25) is 17.7 Å². The Morgan fingerprint density at radius 1 is 1.06 bits per heavy atom. The van der Waals surface area contributed by atoms with Crippen LogP contribution in [0.5, 0.6) is 0 Å². The highest BCUT2D eigenvalue weighted by Gasteiger charge is 2.41. The maximum absolute atomic E-state index is 13.2. The molecule has 2 fully saturated rings. The molecule has 2 rings (SSSR count). The van der Waals surface area contributed by atoms with Gasteiger partial charge >= 0.3 is 0 Å². The van der Waals surface area contributed by atoms with Gasteiger partial charge in [0.05, 0.1) is 12.1 Å². The smallest absolute Gasteiger partial charge is 0.245 e. The number of nitrogens with two attached hydrogens (primary N) is 3. The van der Waals surface area contributed by atoms with Crippen molar-refractivity contribution in [3.8, 4) is 0 Å². The lowest BCUT2D eigenvalue weighted by molar-refractivity contribution is -0.141. The first kappa shape index (κ1) is 30.1. The van der Waals surface area contributed by atoms with Crippen LogP contribution in [0.25, 0.3) is 0 Å². The molecule has 3 amide bonds. The number of carbonyl (C=O) groups is 4. The van der Waals surface area contributed by atoms with Crippen LogP contribution in [-0.2, 0) is 19.2 Å². The first-order chi connectivity index (χ1) is 17.0. The van der Waals surface area contributed by atoms with E-state index in [0.717, 1.165) is 25.7 Å². The molecule has 206 valence electrons. The molecule has 0 spiro atoms. The molecular formula is C25H46N6O5. The first-order valence-electron chi connectivity index (χ1n) is 13.3. The van der Waals surface area contributed by atoms with Crippen LogP contribution in [0, 0.1) is 11.8 Å².